The largest absolute Gasteiger partial charge is 0.298 e. The van der Waals surface area contributed by atoms with Crippen molar-refractivity contribution in [2.45, 2.75) is 20.8 Å². The van der Waals surface area contributed by atoms with Crippen LogP contribution >= 0.6 is 11.3 Å². The van der Waals surface area contributed by atoms with Gasteiger partial charge in [0.1, 0.15) is 6.29 Å². The number of carbonyl (C=O) groups excluding carboxylic acids is 1. The van der Waals surface area contributed by atoms with Crippen molar-refractivity contribution >= 4 is 23.7 Å². The van der Waals surface area contributed by atoms with Crippen LogP contribution in [-0.2, 0) is 4.79 Å². The number of thiazole rings is 1. The van der Waals surface area contributed by atoms with Gasteiger partial charge in [-0.05, 0) is 32.4 Å². The number of aryl methyl sites for hydroxylation is 2. The standard InChI is InChI=1S/C9H11NOS/c1-6(5-11)4-9-7(2)10-8(3)12-9/h4-5H,1-3H3. The van der Waals surface area contributed by atoms with Crippen molar-refractivity contribution in [1.29, 1.82) is 0 Å². The molecule has 0 spiro atoms. The van der Waals surface area contributed by atoms with Crippen molar-refractivity contribution in [2.24, 2.45) is 0 Å². The molecule has 1 rings (SSSR count). The van der Waals surface area contributed by atoms with Crippen molar-refractivity contribution < 1.29 is 4.79 Å². The fraction of sp³-hybridized carbons (Fsp3) is 0.333. The van der Waals surface area contributed by atoms with Crippen LogP contribution in [0.5, 0.6) is 0 Å². The van der Waals surface area contributed by atoms with E-state index in [0.717, 1.165) is 27.4 Å². The molecular formula is C9H11NOS. The molecule has 0 N–H and O–H groups in total. The average Bonchev–Trinajstić information content (AvgIpc) is 2.30. The fourth-order valence-corrected chi connectivity index (χ4v) is 1.86. The van der Waals surface area contributed by atoms with Gasteiger partial charge in [0.25, 0.3) is 0 Å². The molecule has 64 valence electrons. The van der Waals surface area contributed by atoms with E-state index in [4.69, 9.17) is 0 Å². The topological polar surface area (TPSA) is 30.0 Å². The molecular weight excluding hydrogens is 170 g/mol. The van der Waals surface area contributed by atoms with E-state index in [2.05, 4.69) is 4.98 Å². The number of hydrogen-bond acceptors (Lipinski definition) is 3. The molecule has 0 aliphatic heterocycles. The molecule has 3 heteroatoms. The quantitative estimate of drug-likeness (QED) is 0.518. The van der Waals surface area contributed by atoms with E-state index in [-0.39, 0.29) is 0 Å². The van der Waals surface area contributed by atoms with Gasteiger partial charge in [-0.15, -0.1) is 11.3 Å². The Morgan fingerprint density at radius 2 is 2.17 bits per heavy atom. The van der Waals surface area contributed by atoms with E-state index in [1.54, 1.807) is 18.3 Å². The monoisotopic (exact) mass is 181 g/mol. The van der Waals surface area contributed by atoms with Gasteiger partial charge in [0, 0.05) is 0 Å². The second-order valence-electron chi connectivity index (χ2n) is 2.69. The summed E-state index contributed by atoms with van der Waals surface area (Å²) in [6, 6.07) is 0. The minimum Gasteiger partial charge on any atom is -0.298 e. The Bertz CT molecular complexity index is 325. The summed E-state index contributed by atoms with van der Waals surface area (Å²) in [6.45, 7) is 5.71. The molecule has 0 aliphatic carbocycles. The lowest BCUT2D eigenvalue weighted by molar-refractivity contribution is -0.104. The number of hydrogen-bond donors (Lipinski definition) is 0. The molecule has 0 saturated heterocycles. The van der Waals surface area contributed by atoms with Crippen LogP contribution in [0.2, 0.25) is 0 Å². The number of rotatable bonds is 2. The summed E-state index contributed by atoms with van der Waals surface area (Å²) in [4.78, 5) is 15.7. The zero-order chi connectivity index (χ0) is 9.14. The predicted molar refractivity (Wildman–Crippen MR) is 51.3 cm³/mol. The number of aldehydes is 1. The maximum absolute atomic E-state index is 10.3. The van der Waals surface area contributed by atoms with Crippen LogP contribution in [-0.4, -0.2) is 11.3 Å². The molecule has 0 unspecified atom stereocenters. The van der Waals surface area contributed by atoms with E-state index in [9.17, 15) is 4.79 Å². The molecule has 0 bridgehead atoms. The molecule has 0 amide bonds. The summed E-state index contributed by atoms with van der Waals surface area (Å²) in [5.41, 5.74) is 1.74. The van der Waals surface area contributed by atoms with Crippen molar-refractivity contribution in [3.05, 3.63) is 21.2 Å². The van der Waals surface area contributed by atoms with Crippen molar-refractivity contribution in [2.75, 3.05) is 0 Å². The smallest absolute Gasteiger partial charge is 0.145 e. The van der Waals surface area contributed by atoms with Crippen molar-refractivity contribution in [3.8, 4) is 0 Å². The van der Waals surface area contributed by atoms with Gasteiger partial charge in [0.05, 0.1) is 15.6 Å². The summed E-state index contributed by atoms with van der Waals surface area (Å²) < 4.78 is 0. The first kappa shape index (κ1) is 9.13. The molecule has 1 aromatic rings. The summed E-state index contributed by atoms with van der Waals surface area (Å²) in [7, 11) is 0. The van der Waals surface area contributed by atoms with Crippen molar-refractivity contribution in [1.82, 2.24) is 4.98 Å². The zero-order valence-corrected chi connectivity index (χ0v) is 8.23. The van der Waals surface area contributed by atoms with Crippen LogP contribution in [0.3, 0.4) is 0 Å². The summed E-state index contributed by atoms with van der Waals surface area (Å²) >= 11 is 1.61. The van der Waals surface area contributed by atoms with Gasteiger partial charge in [0.15, 0.2) is 0 Å². The van der Waals surface area contributed by atoms with Gasteiger partial charge in [0.2, 0.25) is 0 Å². The Labute approximate surface area is 76.0 Å². The van der Waals surface area contributed by atoms with Crippen LogP contribution in [0.25, 0.3) is 6.08 Å². The highest BCUT2D eigenvalue weighted by Gasteiger charge is 2.01. The molecule has 0 saturated carbocycles. The lowest BCUT2D eigenvalue weighted by Crippen LogP contribution is -1.77. The van der Waals surface area contributed by atoms with Gasteiger partial charge in [-0.3, -0.25) is 4.79 Å². The Kier molecular flexibility index (Phi) is 2.76. The molecule has 0 radical (unpaired) electrons. The van der Waals surface area contributed by atoms with E-state index in [1.807, 2.05) is 19.9 Å². The average molecular weight is 181 g/mol. The van der Waals surface area contributed by atoms with Crippen LogP contribution in [0.1, 0.15) is 22.5 Å². The van der Waals surface area contributed by atoms with Gasteiger partial charge >= 0.3 is 0 Å². The Morgan fingerprint density at radius 1 is 1.50 bits per heavy atom. The second-order valence-corrected chi connectivity index (χ2v) is 3.92. The third-order valence-corrected chi connectivity index (χ3v) is 2.50. The van der Waals surface area contributed by atoms with E-state index < -0.39 is 0 Å². The molecule has 0 aliphatic rings. The molecule has 2 nitrogen and oxygen atoms in total. The lowest BCUT2D eigenvalue weighted by atomic mass is 10.2. The van der Waals surface area contributed by atoms with Gasteiger partial charge in [-0.25, -0.2) is 4.98 Å². The summed E-state index contributed by atoms with van der Waals surface area (Å²) in [5, 5.41) is 1.04. The zero-order valence-electron chi connectivity index (χ0n) is 7.42. The molecule has 0 atom stereocenters. The first-order valence-corrected chi connectivity index (χ1v) is 4.52. The molecule has 1 heterocycles. The SMILES string of the molecule is CC(C=O)=Cc1sc(C)nc1C. The van der Waals surface area contributed by atoms with Crippen LogP contribution < -0.4 is 0 Å². The molecule has 12 heavy (non-hydrogen) atoms. The van der Waals surface area contributed by atoms with E-state index >= 15 is 0 Å². The van der Waals surface area contributed by atoms with E-state index in [0.29, 0.717) is 0 Å². The lowest BCUT2D eigenvalue weighted by Gasteiger charge is -1.87. The maximum Gasteiger partial charge on any atom is 0.145 e. The second kappa shape index (κ2) is 3.63. The molecule has 1 aromatic heterocycles. The normalized spacial score (nSPS) is 11.8. The third-order valence-electron chi connectivity index (χ3n) is 1.48. The molecule has 0 aromatic carbocycles. The third kappa shape index (κ3) is 2.01. The highest BCUT2D eigenvalue weighted by Crippen LogP contribution is 2.19. The maximum atomic E-state index is 10.3. The van der Waals surface area contributed by atoms with Gasteiger partial charge in [-0.2, -0.15) is 0 Å². The number of aromatic nitrogens is 1. The minimum absolute atomic E-state index is 0.738. The first-order chi connectivity index (χ1) is 5.63. The van der Waals surface area contributed by atoms with Gasteiger partial charge in [-0.1, -0.05) is 0 Å². The van der Waals surface area contributed by atoms with Crippen LogP contribution in [0, 0.1) is 13.8 Å². The van der Waals surface area contributed by atoms with Gasteiger partial charge < -0.3 is 0 Å². The van der Waals surface area contributed by atoms with Crippen LogP contribution in [0.15, 0.2) is 5.57 Å². The number of allylic oxidation sites excluding steroid dienone is 1. The van der Waals surface area contributed by atoms with E-state index in [1.165, 1.54) is 0 Å². The summed E-state index contributed by atoms with van der Waals surface area (Å²) in [5.74, 6) is 0. The Morgan fingerprint density at radius 3 is 2.58 bits per heavy atom. The number of nitrogens with zero attached hydrogens (tertiary/aromatic N) is 1. The first-order valence-electron chi connectivity index (χ1n) is 3.71. The predicted octanol–water partition coefficient (Wildman–Crippen LogP) is 2.36. The molecule has 0 fully saturated rings. The minimum atomic E-state index is 0.738. The fourth-order valence-electron chi connectivity index (χ4n) is 0.922. The Balaban J connectivity index is 3.03. The summed E-state index contributed by atoms with van der Waals surface area (Å²) in [6.07, 6.45) is 2.72. The van der Waals surface area contributed by atoms with Crippen LogP contribution in [0.4, 0.5) is 0 Å². The Hall–Kier alpha value is -0.960. The number of carbonyl (C=O) groups is 1. The highest BCUT2D eigenvalue weighted by molar-refractivity contribution is 7.12. The van der Waals surface area contributed by atoms with Crippen molar-refractivity contribution in [3.63, 3.8) is 0 Å². The highest BCUT2D eigenvalue weighted by atomic mass is 32.1.